The summed E-state index contributed by atoms with van der Waals surface area (Å²) in [6.45, 7) is 1.79. The van der Waals surface area contributed by atoms with Gasteiger partial charge < -0.3 is 0 Å². The zero-order chi connectivity index (χ0) is 19.7. The molecule has 4 rings (SSSR count). The van der Waals surface area contributed by atoms with Gasteiger partial charge in [0, 0.05) is 16.3 Å². The largest absolute Gasteiger partial charge is 0.285 e. The minimum Gasteiger partial charge on any atom is -0.266 e. The number of amides is 1. The third-order valence-electron chi connectivity index (χ3n) is 4.08. The van der Waals surface area contributed by atoms with Crippen molar-refractivity contribution in [2.75, 3.05) is 4.90 Å². The average Bonchev–Trinajstić information content (AvgIpc) is 3.00. The molecule has 1 amide bonds. The molecule has 0 spiro atoms. The molecule has 28 heavy (non-hydrogen) atoms. The van der Waals surface area contributed by atoms with Crippen molar-refractivity contribution in [2.45, 2.75) is 6.92 Å². The number of hydrogen-bond donors (Lipinski definition) is 0. The second-order valence-corrected chi connectivity index (χ2v) is 6.98. The first-order valence-electron chi connectivity index (χ1n) is 8.48. The van der Waals surface area contributed by atoms with Crippen molar-refractivity contribution in [1.82, 2.24) is 9.97 Å². The lowest BCUT2D eigenvalue weighted by Crippen LogP contribution is -2.34. The zero-order valence-electron chi connectivity index (χ0n) is 14.8. The van der Waals surface area contributed by atoms with Crippen LogP contribution in [-0.4, -0.2) is 21.7 Å². The van der Waals surface area contributed by atoms with Crippen molar-refractivity contribution in [3.63, 3.8) is 0 Å². The minimum atomic E-state index is -0.324. The van der Waals surface area contributed by atoms with E-state index in [4.69, 9.17) is 23.2 Å². The lowest BCUT2D eigenvalue weighted by atomic mass is 10.2. The molecular weight excluding hydrogens is 395 g/mol. The first-order valence-corrected chi connectivity index (χ1v) is 9.24. The van der Waals surface area contributed by atoms with Gasteiger partial charge in [0.05, 0.1) is 0 Å². The maximum atomic E-state index is 13.2. The van der Waals surface area contributed by atoms with E-state index in [1.165, 1.54) is 4.90 Å². The topological polar surface area (TPSA) is 58.5 Å². The second kappa shape index (κ2) is 7.54. The van der Waals surface area contributed by atoms with Crippen LogP contribution in [0, 0.1) is 6.92 Å². The van der Waals surface area contributed by atoms with E-state index >= 15 is 0 Å². The number of nitrogens with zero attached hydrogens (tertiary/aromatic N) is 4. The van der Waals surface area contributed by atoms with E-state index in [9.17, 15) is 4.79 Å². The Morgan fingerprint density at radius 3 is 2.36 bits per heavy atom. The fraction of sp³-hybridized carbons (Fsp3) is 0.0476. The van der Waals surface area contributed by atoms with Crippen LogP contribution in [0.1, 0.15) is 16.8 Å². The van der Waals surface area contributed by atoms with Gasteiger partial charge in [-0.05, 0) is 36.8 Å². The first kappa shape index (κ1) is 18.3. The van der Waals surface area contributed by atoms with E-state index in [0.717, 1.165) is 11.1 Å². The molecule has 3 aromatic rings. The molecular formula is C21H14Cl2N4O. The van der Waals surface area contributed by atoms with Gasteiger partial charge in [-0.1, -0.05) is 65.7 Å². The van der Waals surface area contributed by atoms with Crippen LogP contribution in [0.15, 0.2) is 71.4 Å². The maximum absolute atomic E-state index is 13.2. The number of aryl methyl sites for hydroxylation is 1. The van der Waals surface area contributed by atoms with Gasteiger partial charge in [-0.2, -0.15) is 0 Å². The molecule has 0 saturated carbocycles. The molecule has 0 aliphatic carbocycles. The van der Waals surface area contributed by atoms with Gasteiger partial charge in [0.2, 0.25) is 5.95 Å². The van der Waals surface area contributed by atoms with Crippen molar-refractivity contribution in [1.29, 1.82) is 0 Å². The maximum Gasteiger partial charge on any atom is 0.285 e. The molecule has 0 radical (unpaired) electrons. The first-order chi connectivity index (χ1) is 13.5. The summed E-state index contributed by atoms with van der Waals surface area (Å²) in [7, 11) is 0. The van der Waals surface area contributed by atoms with Crippen molar-refractivity contribution in [3.05, 3.63) is 93.4 Å². The fourth-order valence-corrected chi connectivity index (χ4v) is 3.17. The Bertz CT molecular complexity index is 1090. The highest BCUT2D eigenvalue weighted by Gasteiger charge is 2.34. The molecule has 138 valence electrons. The number of halogens is 2. The van der Waals surface area contributed by atoms with E-state index in [2.05, 4.69) is 15.0 Å². The number of aliphatic imine (C=N–C) groups is 1. The summed E-state index contributed by atoms with van der Waals surface area (Å²) in [4.78, 5) is 27.7. The lowest BCUT2D eigenvalue weighted by Gasteiger charge is -2.16. The summed E-state index contributed by atoms with van der Waals surface area (Å²) in [5, 5.41) is 0.885. The van der Waals surface area contributed by atoms with Crippen LogP contribution in [0.4, 0.5) is 5.95 Å². The van der Waals surface area contributed by atoms with Crippen molar-refractivity contribution in [2.24, 2.45) is 4.99 Å². The third kappa shape index (κ3) is 3.67. The quantitative estimate of drug-likeness (QED) is 0.456. The van der Waals surface area contributed by atoms with Gasteiger partial charge in [-0.15, -0.1) is 0 Å². The van der Waals surface area contributed by atoms with Crippen molar-refractivity contribution < 1.29 is 4.79 Å². The van der Waals surface area contributed by atoms with Gasteiger partial charge in [-0.3, -0.25) is 4.79 Å². The summed E-state index contributed by atoms with van der Waals surface area (Å²) in [5.41, 5.74) is 2.53. The minimum absolute atomic E-state index is 0.192. The average molecular weight is 409 g/mol. The molecule has 2 aromatic carbocycles. The van der Waals surface area contributed by atoms with E-state index in [1.54, 1.807) is 31.2 Å². The fourth-order valence-electron chi connectivity index (χ4n) is 2.82. The predicted octanol–water partition coefficient (Wildman–Crippen LogP) is 4.93. The highest BCUT2D eigenvalue weighted by Crippen LogP contribution is 2.27. The third-order valence-corrected chi connectivity index (χ3v) is 4.52. The highest BCUT2D eigenvalue weighted by atomic mass is 35.5. The molecule has 0 unspecified atom stereocenters. The lowest BCUT2D eigenvalue weighted by molar-refractivity contribution is -0.113. The molecule has 1 aromatic heterocycles. The Labute approximate surface area is 172 Å². The number of rotatable bonds is 3. The van der Waals surface area contributed by atoms with Crippen molar-refractivity contribution in [3.8, 4) is 0 Å². The molecule has 1 aliphatic rings. The summed E-state index contributed by atoms with van der Waals surface area (Å²) >= 11 is 12.0. The molecule has 1 aliphatic heterocycles. The van der Waals surface area contributed by atoms with E-state index in [1.807, 2.05) is 42.5 Å². The Hall–Kier alpha value is -3.02. The highest BCUT2D eigenvalue weighted by molar-refractivity contribution is 6.33. The molecule has 2 heterocycles. The SMILES string of the molecule is Cc1cc(Cl)nc(N2C(=O)/C(=C\c3ccc(Cl)cc3)N=C2c2ccccc2)n1. The standard InChI is InChI=1S/C21H14Cl2N4O/c1-13-11-18(23)26-21(24-13)27-19(15-5-3-2-4-6-15)25-17(20(27)28)12-14-7-9-16(22)10-8-14/h2-12H,1H3/b17-12+. The smallest absolute Gasteiger partial charge is 0.266 e. The summed E-state index contributed by atoms with van der Waals surface area (Å²) in [6, 6.07) is 18.2. The van der Waals surface area contributed by atoms with E-state index < -0.39 is 0 Å². The zero-order valence-corrected chi connectivity index (χ0v) is 16.3. The van der Waals surface area contributed by atoms with Gasteiger partial charge in [-0.25, -0.2) is 19.9 Å². The van der Waals surface area contributed by atoms with Crippen LogP contribution < -0.4 is 4.90 Å². The number of carbonyl (C=O) groups is 1. The molecule has 7 heteroatoms. The number of anilines is 1. The summed E-state index contributed by atoms with van der Waals surface area (Å²) < 4.78 is 0. The van der Waals surface area contributed by atoms with Crippen LogP contribution >= 0.6 is 23.2 Å². The number of carbonyl (C=O) groups excluding carboxylic acids is 1. The van der Waals surface area contributed by atoms with Crippen LogP contribution in [0.2, 0.25) is 10.2 Å². The normalized spacial score (nSPS) is 15.2. The number of aromatic nitrogens is 2. The molecule has 0 atom stereocenters. The van der Waals surface area contributed by atoms with E-state index in [-0.39, 0.29) is 22.7 Å². The van der Waals surface area contributed by atoms with E-state index in [0.29, 0.717) is 16.6 Å². The molecule has 5 nitrogen and oxygen atoms in total. The van der Waals surface area contributed by atoms with Crippen molar-refractivity contribution >= 4 is 47.0 Å². The second-order valence-electron chi connectivity index (χ2n) is 6.16. The van der Waals surface area contributed by atoms with Gasteiger partial charge in [0.25, 0.3) is 5.91 Å². The number of benzene rings is 2. The summed E-state index contributed by atoms with van der Waals surface area (Å²) in [5.74, 6) is 0.319. The molecule has 0 bridgehead atoms. The number of hydrogen-bond acceptors (Lipinski definition) is 4. The van der Waals surface area contributed by atoms with Crippen LogP contribution in [0.25, 0.3) is 6.08 Å². The Kier molecular flexibility index (Phi) is 4.94. The van der Waals surface area contributed by atoms with Gasteiger partial charge in [0.1, 0.15) is 10.9 Å². The Balaban J connectivity index is 1.84. The predicted molar refractivity (Wildman–Crippen MR) is 112 cm³/mol. The molecule has 0 fully saturated rings. The Morgan fingerprint density at radius 1 is 0.964 bits per heavy atom. The molecule has 0 saturated heterocycles. The summed E-state index contributed by atoms with van der Waals surface area (Å²) in [6.07, 6.45) is 1.71. The Morgan fingerprint density at radius 2 is 1.68 bits per heavy atom. The van der Waals surface area contributed by atoms with Gasteiger partial charge >= 0.3 is 0 Å². The monoisotopic (exact) mass is 408 g/mol. The number of amidine groups is 1. The molecule has 0 N–H and O–H groups in total. The van der Waals surface area contributed by atoms with Crippen LogP contribution in [0.3, 0.4) is 0 Å². The van der Waals surface area contributed by atoms with Crippen LogP contribution in [-0.2, 0) is 4.79 Å². The van der Waals surface area contributed by atoms with Gasteiger partial charge in [0.15, 0.2) is 5.84 Å². The van der Waals surface area contributed by atoms with Crippen LogP contribution in [0.5, 0.6) is 0 Å².